The van der Waals surface area contributed by atoms with Gasteiger partial charge in [0.1, 0.15) is 0 Å². The molecule has 3 nitrogen and oxygen atoms in total. The maximum absolute atomic E-state index is 12.4. The molecule has 17 heavy (non-hydrogen) atoms. The van der Waals surface area contributed by atoms with E-state index in [2.05, 4.69) is 39.7 Å². The van der Waals surface area contributed by atoms with Gasteiger partial charge in [-0.05, 0) is 31.6 Å². The second-order valence-electron chi connectivity index (χ2n) is 6.58. The van der Waals surface area contributed by atoms with E-state index < -0.39 is 0 Å². The van der Waals surface area contributed by atoms with Gasteiger partial charge in [-0.3, -0.25) is 14.6 Å². The molecule has 0 saturated carbocycles. The quantitative estimate of drug-likeness (QED) is 0.862. The van der Waals surface area contributed by atoms with Crippen molar-refractivity contribution in [2.24, 2.45) is 5.92 Å². The molecule has 0 spiro atoms. The molecule has 0 aliphatic rings. The molecule has 0 aliphatic heterocycles. The average molecular weight is 238 g/mol. The number of hydrogen-bond donors (Lipinski definition) is 1. The normalized spacial score (nSPS) is 12.8. The summed E-state index contributed by atoms with van der Waals surface area (Å²) in [6, 6.07) is 0.185. The van der Waals surface area contributed by atoms with Crippen LogP contribution in [0.15, 0.2) is 4.79 Å². The molecule has 0 aromatic carbocycles. The highest BCUT2D eigenvalue weighted by molar-refractivity contribution is 5.26. The molecule has 0 unspecified atom stereocenters. The second kappa shape index (κ2) is 4.71. The highest BCUT2D eigenvalue weighted by atomic mass is 16.1. The highest BCUT2D eigenvalue weighted by Gasteiger charge is 2.26. The van der Waals surface area contributed by atoms with Crippen LogP contribution in [0.5, 0.6) is 0 Å². The first-order chi connectivity index (χ1) is 7.64. The molecule has 1 aromatic heterocycles. The van der Waals surface area contributed by atoms with Crippen molar-refractivity contribution in [1.82, 2.24) is 9.78 Å². The van der Waals surface area contributed by atoms with Gasteiger partial charge in [0, 0.05) is 17.3 Å². The van der Waals surface area contributed by atoms with Crippen LogP contribution in [0.4, 0.5) is 0 Å². The van der Waals surface area contributed by atoms with E-state index in [1.165, 1.54) is 0 Å². The lowest BCUT2D eigenvalue weighted by Gasteiger charge is -2.18. The van der Waals surface area contributed by atoms with Crippen molar-refractivity contribution in [3.05, 3.63) is 21.6 Å². The van der Waals surface area contributed by atoms with E-state index >= 15 is 0 Å². The van der Waals surface area contributed by atoms with Crippen LogP contribution >= 0.6 is 0 Å². The summed E-state index contributed by atoms with van der Waals surface area (Å²) in [5.41, 5.74) is 2.09. The predicted octanol–water partition coefficient (Wildman–Crippen LogP) is 3.25. The maximum Gasteiger partial charge on any atom is 0.270 e. The Labute approximate surface area is 104 Å². The van der Waals surface area contributed by atoms with E-state index in [1.54, 1.807) is 4.68 Å². The third kappa shape index (κ3) is 3.02. The van der Waals surface area contributed by atoms with Crippen molar-refractivity contribution in [1.29, 1.82) is 0 Å². The van der Waals surface area contributed by atoms with Gasteiger partial charge in [-0.25, -0.2) is 0 Å². The third-order valence-corrected chi connectivity index (χ3v) is 2.87. The van der Waals surface area contributed by atoms with Gasteiger partial charge in [-0.2, -0.15) is 0 Å². The Bertz CT molecular complexity index is 430. The summed E-state index contributed by atoms with van der Waals surface area (Å²) in [6.45, 7) is 14.7. The number of aromatic amines is 1. The van der Waals surface area contributed by atoms with Gasteiger partial charge >= 0.3 is 0 Å². The van der Waals surface area contributed by atoms with E-state index in [1.807, 2.05) is 13.8 Å². The number of H-pyrrole nitrogens is 1. The molecule has 0 bridgehead atoms. The van der Waals surface area contributed by atoms with Crippen molar-refractivity contribution >= 4 is 0 Å². The molecule has 1 N–H and O–H groups in total. The van der Waals surface area contributed by atoms with Gasteiger partial charge in [-0.15, -0.1) is 0 Å². The van der Waals surface area contributed by atoms with Gasteiger partial charge < -0.3 is 0 Å². The smallest absolute Gasteiger partial charge is 0.270 e. The molecule has 0 atom stereocenters. The molecule has 0 fully saturated rings. The largest absolute Gasteiger partial charge is 0.299 e. The first-order valence-electron chi connectivity index (χ1n) is 6.48. The fourth-order valence-corrected chi connectivity index (χ4v) is 2.19. The van der Waals surface area contributed by atoms with Gasteiger partial charge in [0.05, 0.1) is 0 Å². The van der Waals surface area contributed by atoms with Crippen molar-refractivity contribution in [3.63, 3.8) is 0 Å². The van der Waals surface area contributed by atoms with Crippen LogP contribution in [-0.2, 0) is 11.8 Å². The zero-order valence-electron chi connectivity index (χ0n) is 12.2. The lowest BCUT2D eigenvalue weighted by molar-refractivity contribution is 0.504. The Kier molecular flexibility index (Phi) is 3.90. The molecular weight excluding hydrogens is 212 g/mol. The van der Waals surface area contributed by atoms with Crippen molar-refractivity contribution in [2.75, 3.05) is 0 Å². The maximum atomic E-state index is 12.4. The standard InChI is InChI=1S/C14H26N2O/c1-9(2)8-11-12(14(5,6)7)13(17)16(15-11)10(3)4/h9-10,15H,8H2,1-7H3. The number of rotatable bonds is 3. The molecule has 0 saturated heterocycles. The van der Waals surface area contributed by atoms with Gasteiger partial charge in [0.2, 0.25) is 0 Å². The van der Waals surface area contributed by atoms with Crippen LogP contribution in [0, 0.1) is 5.92 Å². The predicted molar refractivity (Wildman–Crippen MR) is 72.7 cm³/mol. The monoisotopic (exact) mass is 238 g/mol. The van der Waals surface area contributed by atoms with E-state index in [0.29, 0.717) is 5.92 Å². The number of nitrogens with zero attached hydrogens (tertiary/aromatic N) is 1. The lowest BCUT2D eigenvalue weighted by atomic mass is 9.85. The Morgan fingerprint density at radius 1 is 1.18 bits per heavy atom. The lowest BCUT2D eigenvalue weighted by Crippen LogP contribution is -2.27. The fraction of sp³-hybridized carbons (Fsp3) is 0.786. The topological polar surface area (TPSA) is 37.8 Å². The van der Waals surface area contributed by atoms with Crippen LogP contribution in [0.1, 0.15) is 65.8 Å². The fourth-order valence-electron chi connectivity index (χ4n) is 2.19. The highest BCUT2D eigenvalue weighted by Crippen LogP contribution is 2.24. The average Bonchev–Trinajstić information content (AvgIpc) is 2.40. The zero-order chi connectivity index (χ0) is 13.4. The van der Waals surface area contributed by atoms with Crippen LogP contribution in [0.25, 0.3) is 0 Å². The van der Waals surface area contributed by atoms with E-state index in [9.17, 15) is 4.79 Å². The van der Waals surface area contributed by atoms with Crippen LogP contribution in [0.2, 0.25) is 0 Å². The number of nitrogens with one attached hydrogen (secondary N) is 1. The minimum atomic E-state index is -0.0993. The Morgan fingerprint density at radius 2 is 1.71 bits per heavy atom. The van der Waals surface area contributed by atoms with Crippen LogP contribution in [-0.4, -0.2) is 9.78 Å². The Hall–Kier alpha value is -0.990. The number of aromatic nitrogens is 2. The first-order valence-corrected chi connectivity index (χ1v) is 6.48. The van der Waals surface area contributed by atoms with E-state index in [0.717, 1.165) is 17.7 Å². The molecule has 98 valence electrons. The summed E-state index contributed by atoms with van der Waals surface area (Å²) in [5, 5.41) is 3.29. The summed E-state index contributed by atoms with van der Waals surface area (Å²) < 4.78 is 1.75. The van der Waals surface area contributed by atoms with Crippen molar-refractivity contribution in [3.8, 4) is 0 Å². The second-order valence-corrected chi connectivity index (χ2v) is 6.58. The summed E-state index contributed by atoms with van der Waals surface area (Å²) in [7, 11) is 0. The SMILES string of the molecule is CC(C)Cc1[nH]n(C(C)C)c(=O)c1C(C)(C)C. The van der Waals surface area contributed by atoms with Crippen molar-refractivity contribution < 1.29 is 0 Å². The van der Waals surface area contributed by atoms with Crippen molar-refractivity contribution in [2.45, 2.75) is 66.3 Å². The number of hydrogen-bond acceptors (Lipinski definition) is 1. The molecule has 0 aliphatic carbocycles. The molecule has 1 aromatic rings. The summed E-state index contributed by atoms with van der Waals surface area (Å²) >= 11 is 0. The molecular formula is C14H26N2O. The third-order valence-electron chi connectivity index (χ3n) is 2.87. The van der Waals surface area contributed by atoms with E-state index in [4.69, 9.17) is 0 Å². The minimum absolute atomic E-state index is 0.0993. The van der Waals surface area contributed by atoms with E-state index in [-0.39, 0.29) is 17.0 Å². The Morgan fingerprint density at radius 3 is 2.06 bits per heavy atom. The molecule has 1 heterocycles. The summed E-state index contributed by atoms with van der Waals surface area (Å²) in [5.74, 6) is 0.551. The van der Waals surface area contributed by atoms with Gasteiger partial charge in [-0.1, -0.05) is 34.6 Å². The van der Waals surface area contributed by atoms with Crippen LogP contribution in [0.3, 0.4) is 0 Å². The Balaban J connectivity index is 3.38. The molecule has 1 rings (SSSR count). The molecule has 0 amide bonds. The molecule has 0 radical (unpaired) electrons. The minimum Gasteiger partial charge on any atom is -0.299 e. The summed E-state index contributed by atoms with van der Waals surface area (Å²) in [6.07, 6.45) is 0.932. The first kappa shape index (κ1) is 14.1. The zero-order valence-corrected chi connectivity index (χ0v) is 12.2. The molecule has 3 heteroatoms. The van der Waals surface area contributed by atoms with Gasteiger partial charge in [0.25, 0.3) is 5.56 Å². The van der Waals surface area contributed by atoms with Gasteiger partial charge in [0.15, 0.2) is 0 Å². The van der Waals surface area contributed by atoms with Crippen LogP contribution < -0.4 is 5.56 Å². The summed E-state index contributed by atoms with van der Waals surface area (Å²) in [4.78, 5) is 12.4.